The van der Waals surface area contributed by atoms with Gasteiger partial charge in [0, 0.05) is 18.7 Å². The molecule has 7 aromatic rings. The number of tetrazole rings is 1. The molecule has 4 N–H and O–H groups in total. The van der Waals surface area contributed by atoms with Crippen LogP contribution < -0.4 is 25.3 Å². The van der Waals surface area contributed by atoms with E-state index >= 15 is 8.42 Å². The highest BCUT2D eigenvalue weighted by Gasteiger charge is 2.35. The molecule has 1 aliphatic rings. The summed E-state index contributed by atoms with van der Waals surface area (Å²) in [6, 6.07) is 32.1. The number of fused-ring (bicyclic) bond motifs is 1. The number of H-pyrrole nitrogens is 1. The molecule has 0 spiro atoms. The summed E-state index contributed by atoms with van der Waals surface area (Å²) in [5, 5.41) is 17.4. The Morgan fingerprint density at radius 3 is 1.95 bits per heavy atom. The van der Waals surface area contributed by atoms with Gasteiger partial charge in [-0.05, 0) is 114 Å². The van der Waals surface area contributed by atoms with Gasteiger partial charge in [-0.25, -0.2) is 13.4 Å². The number of ether oxygens (including phenoxy) is 3. The first-order valence-corrected chi connectivity index (χ1v) is 20.9. The van der Waals surface area contributed by atoms with E-state index in [0.717, 1.165) is 48.4 Å². The number of nitrogen functional groups attached to an aromatic ring is 1. The van der Waals surface area contributed by atoms with Gasteiger partial charge in [0.1, 0.15) is 17.2 Å². The number of sulfonamides is 1. The van der Waals surface area contributed by atoms with E-state index in [1.165, 1.54) is 9.10 Å². The number of anilines is 1. The molecule has 0 amide bonds. The number of nitrogens with zero attached hydrogens (tertiary/aromatic N) is 6. The number of hydrogen-bond acceptors (Lipinski definition) is 11. The van der Waals surface area contributed by atoms with Crippen molar-refractivity contribution < 1.29 is 22.6 Å². The van der Waals surface area contributed by atoms with Gasteiger partial charge < -0.3 is 30.2 Å². The third-order valence-corrected chi connectivity index (χ3v) is 12.7. The normalized spacial score (nSPS) is 13.6. The number of nitrogens with two attached hydrogens (primary N) is 1. The van der Waals surface area contributed by atoms with Crippen LogP contribution in [0.1, 0.15) is 35.1 Å². The van der Waals surface area contributed by atoms with E-state index in [1.54, 1.807) is 21.3 Å². The van der Waals surface area contributed by atoms with E-state index in [2.05, 4.69) is 25.6 Å². The van der Waals surface area contributed by atoms with Crippen molar-refractivity contribution in [2.24, 2.45) is 5.92 Å². The molecule has 3 heterocycles. The zero-order valence-electron chi connectivity index (χ0n) is 33.3. The van der Waals surface area contributed by atoms with Crippen LogP contribution in [0.2, 0.25) is 0 Å². The Labute approximate surface area is 343 Å². The van der Waals surface area contributed by atoms with Crippen LogP contribution in [0.15, 0.2) is 108 Å². The summed E-state index contributed by atoms with van der Waals surface area (Å²) in [5.74, 6) is 2.76. The van der Waals surface area contributed by atoms with Crippen molar-refractivity contribution in [2.75, 3.05) is 40.2 Å². The monoisotopic (exact) mass is 813 g/mol. The molecule has 0 aliphatic carbocycles. The molecule has 5 aromatic carbocycles. The number of hydrogen-bond donors (Lipinski definition) is 3. The minimum absolute atomic E-state index is 0.0812. The topological polar surface area (TPSA) is 175 Å². The number of benzene rings is 5. The first-order valence-electron chi connectivity index (χ1n) is 19.5. The maximum absolute atomic E-state index is 16.0. The number of rotatable bonds is 15. The highest BCUT2D eigenvalue weighted by molar-refractivity contribution is 7.89. The second-order valence-electron chi connectivity index (χ2n) is 14.7. The van der Waals surface area contributed by atoms with Crippen LogP contribution in [0.5, 0.6) is 17.2 Å². The van der Waals surface area contributed by atoms with Gasteiger partial charge >= 0.3 is 0 Å². The molecule has 14 nitrogen and oxygen atoms in total. The van der Waals surface area contributed by atoms with E-state index in [4.69, 9.17) is 25.0 Å². The van der Waals surface area contributed by atoms with E-state index in [-0.39, 0.29) is 35.7 Å². The Balaban J connectivity index is 1.35. The summed E-state index contributed by atoms with van der Waals surface area (Å²) in [5.41, 5.74) is 12.3. The third kappa shape index (κ3) is 8.63. The lowest BCUT2D eigenvalue weighted by Crippen LogP contribution is -2.32. The van der Waals surface area contributed by atoms with Crippen molar-refractivity contribution in [2.45, 2.75) is 43.8 Å². The molecule has 304 valence electrons. The lowest BCUT2D eigenvalue weighted by atomic mass is 9.88. The molecule has 0 bridgehead atoms. The lowest BCUT2D eigenvalue weighted by Gasteiger charge is -2.28. The van der Waals surface area contributed by atoms with Crippen LogP contribution in [0.25, 0.3) is 33.5 Å². The molecule has 2 aromatic heterocycles. The predicted octanol–water partition coefficient (Wildman–Crippen LogP) is 6.47. The summed E-state index contributed by atoms with van der Waals surface area (Å²) in [6.45, 7) is 2.19. The van der Waals surface area contributed by atoms with Gasteiger partial charge in [-0.15, -0.1) is 10.2 Å². The Bertz CT molecular complexity index is 2590. The molecule has 1 saturated heterocycles. The van der Waals surface area contributed by atoms with Gasteiger partial charge in [0.25, 0.3) is 0 Å². The Morgan fingerprint density at radius 1 is 0.763 bits per heavy atom. The van der Waals surface area contributed by atoms with Crippen molar-refractivity contribution in [3.8, 4) is 39.8 Å². The van der Waals surface area contributed by atoms with E-state index in [9.17, 15) is 0 Å². The molecule has 0 saturated carbocycles. The summed E-state index contributed by atoms with van der Waals surface area (Å²) in [6.07, 6.45) is 2.38. The van der Waals surface area contributed by atoms with E-state index < -0.39 is 10.0 Å². The van der Waals surface area contributed by atoms with Crippen LogP contribution in [-0.2, 0) is 36.1 Å². The van der Waals surface area contributed by atoms with E-state index in [1.807, 2.05) is 103 Å². The number of methoxy groups -OCH3 is 3. The van der Waals surface area contributed by atoms with Crippen LogP contribution in [-0.4, -0.2) is 77.3 Å². The number of para-hydroxylation sites is 1. The fourth-order valence-electron chi connectivity index (χ4n) is 7.72. The molecule has 1 fully saturated rings. The molecule has 15 heteroatoms. The lowest BCUT2D eigenvalue weighted by molar-refractivity contribution is 0.369. The van der Waals surface area contributed by atoms with E-state index in [0.29, 0.717) is 57.8 Å². The standard InChI is InChI=1S/C44H47N9O5S/c1-56-34-14-7-30(8-15-34)26-52(27-31-9-16-35(57-2)17-10-31)59(54,55)42-33(25-29-21-23-46-24-22-29)13-20-37(38-5-4-6-39-41(38)48-44(45)47-39)40(42)43-49-51-53(50-43)28-32-11-18-36(58-3)19-12-32/h4-20,29,46H,21-28H2,1-3H3,(H3,45,47,48). The van der Waals surface area contributed by atoms with Gasteiger partial charge in [0.2, 0.25) is 15.8 Å². The summed E-state index contributed by atoms with van der Waals surface area (Å²) >= 11 is 0. The van der Waals surface area contributed by atoms with Crippen molar-refractivity contribution in [1.82, 2.24) is 39.8 Å². The zero-order chi connectivity index (χ0) is 40.9. The van der Waals surface area contributed by atoms with Crippen molar-refractivity contribution in [3.63, 3.8) is 0 Å². The zero-order valence-corrected chi connectivity index (χ0v) is 34.1. The SMILES string of the molecule is COc1ccc(CN(Cc2ccc(OC)cc2)S(=O)(=O)c2c(CC3CCNCC3)ccc(-c3cccc4[nH]c(N)nc34)c2-c2nnn(Cc3ccc(OC)cc3)n2)cc1. The minimum atomic E-state index is -4.35. The first kappa shape index (κ1) is 39.5. The van der Waals surface area contributed by atoms with Crippen LogP contribution in [0, 0.1) is 5.92 Å². The molecule has 0 unspecified atom stereocenters. The molecule has 0 radical (unpaired) electrons. The van der Waals surface area contributed by atoms with Crippen molar-refractivity contribution in [1.29, 1.82) is 0 Å². The first-order chi connectivity index (χ1) is 28.7. The minimum Gasteiger partial charge on any atom is -0.497 e. The molecule has 1 aliphatic heterocycles. The number of aromatic nitrogens is 6. The van der Waals surface area contributed by atoms with Gasteiger partial charge in [0.15, 0.2) is 5.95 Å². The smallest absolute Gasteiger partial charge is 0.244 e. The number of piperidine rings is 1. The number of nitrogens with one attached hydrogen (secondary N) is 2. The van der Waals surface area contributed by atoms with Crippen LogP contribution in [0.3, 0.4) is 0 Å². The maximum atomic E-state index is 16.0. The van der Waals surface area contributed by atoms with Crippen LogP contribution >= 0.6 is 0 Å². The number of aromatic amines is 1. The quantitative estimate of drug-likeness (QED) is 0.103. The highest BCUT2D eigenvalue weighted by atomic mass is 32.2. The predicted molar refractivity (Wildman–Crippen MR) is 227 cm³/mol. The summed E-state index contributed by atoms with van der Waals surface area (Å²) in [7, 11) is 0.475. The van der Waals surface area contributed by atoms with Crippen molar-refractivity contribution in [3.05, 3.63) is 125 Å². The van der Waals surface area contributed by atoms with Gasteiger partial charge in [-0.3, -0.25) is 0 Å². The fourth-order valence-corrected chi connectivity index (χ4v) is 9.56. The summed E-state index contributed by atoms with van der Waals surface area (Å²) in [4.78, 5) is 9.39. The molecular formula is C44H47N9O5S. The average molecular weight is 814 g/mol. The second kappa shape index (κ2) is 17.3. The van der Waals surface area contributed by atoms with Crippen molar-refractivity contribution >= 4 is 27.0 Å². The Morgan fingerprint density at radius 2 is 1.36 bits per heavy atom. The molecule has 59 heavy (non-hydrogen) atoms. The molecule has 8 rings (SSSR count). The van der Waals surface area contributed by atoms with Gasteiger partial charge in [0.05, 0.1) is 49.4 Å². The largest absolute Gasteiger partial charge is 0.497 e. The van der Waals surface area contributed by atoms with Crippen LogP contribution in [0.4, 0.5) is 5.95 Å². The summed E-state index contributed by atoms with van der Waals surface area (Å²) < 4.78 is 49.7. The number of imidazole rings is 1. The molecule has 0 atom stereocenters. The average Bonchev–Trinajstić information content (AvgIpc) is 3.90. The maximum Gasteiger partial charge on any atom is 0.244 e. The third-order valence-electron chi connectivity index (χ3n) is 10.8. The fraction of sp³-hybridized carbons (Fsp3) is 0.273. The second-order valence-corrected chi connectivity index (χ2v) is 16.5. The Hall–Kier alpha value is -6.29. The Kier molecular flexibility index (Phi) is 11.6. The van der Waals surface area contributed by atoms with Gasteiger partial charge in [-0.2, -0.15) is 9.10 Å². The van der Waals surface area contributed by atoms with Gasteiger partial charge in [-0.1, -0.05) is 60.7 Å². The highest BCUT2D eigenvalue weighted by Crippen LogP contribution is 2.42. The molecular weight excluding hydrogens is 767 g/mol.